The Hall–Kier alpha value is -3.58. The molecule has 0 fully saturated rings. The predicted octanol–water partition coefficient (Wildman–Crippen LogP) is 8.04. The SMILES string of the molecule is CC1(C)c2ccccc2-c2ccc(Nc3cc4ccccc4c4ccccc34)cc21. The molecular weight excluding hydrogens is 362 g/mol. The number of nitrogens with one attached hydrogen (secondary N) is 1. The maximum absolute atomic E-state index is 3.73. The topological polar surface area (TPSA) is 12.0 Å². The van der Waals surface area contributed by atoms with Gasteiger partial charge in [0.05, 0.1) is 0 Å². The summed E-state index contributed by atoms with van der Waals surface area (Å²) in [6.07, 6.45) is 0. The van der Waals surface area contributed by atoms with Gasteiger partial charge in [-0.2, -0.15) is 0 Å². The molecule has 1 nitrogen and oxygen atoms in total. The van der Waals surface area contributed by atoms with Gasteiger partial charge in [0.2, 0.25) is 0 Å². The summed E-state index contributed by atoms with van der Waals surface area (Å²) in [4.78, 5) is 0. The van der Waals surface area contributed by atoms with Gasteiger partial charge < -0.3 is 5.32 Å². The highest BCUT2D eigenvalue weighted by atomic mass is 14.9. The number of hydrogen-bond donors (Lipinski definition) is 1. The van der Waals surface area contributed by atoms with Crippen molar-refractivity contribution in [1.82, 2.24) is 0 Å². The van der Waals surface area contributed by atoms with Gasteiger partial charge in [-0.3, -0.25) is 0 Å². The molecule has 0 atom stereocenters. The zero-order chi connectivity index (χ0) is 20.3. The van der Waals surface area contributed by atoms with Gasteiger partial charge >= 0.3 is 0 Å². The van der Waals surface area contributed by atoms with Crippen molar-refractivity contribution in [2.75, 3.05) is 5.32 Å². The van der Waals surface area contributed by atoms with E-state index in [0.717, 1.165) is 11.4 Å². The van der Waals surface area contributed by atoms with Gasteiger partial charge in [0.15, 0.2) is 0 Å². The van der Waals surface area contributed by atoms with Crippen molar-refractivity contribution in [3.05, 3.63) is 108 Å². The van der Waals surface area contributed by atoms with Gasteiger partial charge in [0, 0.05) is 22.2 Å². The first-order chi connectivity index (χ1) is 14.6. The highest BCUT2D eigenvalue weighted by molar-refractivity contribution is 6.13. The molecule has 0 spiro atoms. The second kappa shape index (κ2) is 6.21. The molecule has 1 heteroatoms. The van der Waals surface area contributed by atoms with Crippen molar-refractivity contribution >= 4 is 32.9 Å². The minimum absolute atomic E-state index is 0.00900. The lowest BCUT2D eigenvalue weighted by molar-refractivity contribution is 0.660. The quantitative estimate of drug-likeness (QED) is 0.303. The molecule has 0 heterocycles. The summed E-state index contributed by atoms with van der Waals surface area (Å²) < 4.78 is 0. The third-order valence-corrected chi connectivity index (χ3v) is 6.63. The van der Waals surface area contributed by atoms with E-state index >= 15 is 0 Å². The summed E-state index contributed by atoms with van der Waals surface area (Å²) in [6.45, 7) is 4.65. The Balaban J connectivity index is 1.50. The minimum Gasteiger partial charge on any atom is -0.355 e. The molecule has 0 saturated heterocycles. The lowest BCUT2D eigenvalue weighted by atomic mass is 9.82. The maximum Gasteiger partial charge on any atom is 0.0470 e. The smallest absolute Gasteiger partial charge is 0.0470 e. The van der Waals surface area contributed by atoms with Crippen molar-refractivity contribution in [1.29, 1.82) is 0 Å². The van der Waals surface area contributed by atoms with Crippen LogP contribution in [0.2, 0.25) is 0 Å². The number of anilines is 2. The fraction of sp³-hybridized carbons (Fsp3) is 0.103. The van der Waals surface area contributed by atoms with Gasteiger partial charge in [-0.15, -0.1) is 0 Å². The molecule has 1 aliphatic rings. The molecule has 5 aromatic carbocycles. The zero-order valence-electron chi connectivity index (χ0n) is 17.2. The van der Waals surface area contributed by atoms with Crippen LogP contribution in [-0.4, -0.2) is 0 Å². The van der Waals surface area contributed by atoms with Crippen LogP contribution in [0.4, 0.5) is 11.4 Å². The van der Waals surface area contributed by atoms with Crippen molar-refractivity contribution in [3.8, 4) is 11.1 Å². The van der Waals surface area contributed by atoms with E-state index in [4.69, 9.17) is 0 Å². The Kier molecular flexibility index (Phi) is 3.58. The fourth-order valence-corrected chi connectivity index (χ4v) is 5.10. The van der Waals surface area contributed by atoms with E-state index in [0.29, 0.717) is 0 Å². The number of benzene rings is 5. The largest absolute Gasteiger partial charge is 0.355 e. The first kappa shape index (κ1) is 17.3. The van der Waals surface area contributed by atoms with Crippen LogP contribution >= 0.6 is 0 Å². The highest BCUT2D eigenvalue weighted by Crippen LogP contribution is 2.49. The zero-order valence-corrected chi connectivity index (χ0v) is 17.2. The van der Waals surface area contributed by atoms with E-state index in [1.54, 1.807) is 0 Å². The average molecular weight is 386 g/mol. The van der Waals surface area contributed by atoms with Gasteiger partial charge in [-0.1, -0.05) is 92.7 Å². The third-order valence-electron chi connectivity index (χ3n) is 6.63. The molecule has 0 radical (unpaired) electrons. The average Bonchev–Trinajstić information content (AvgIpc) is 3.01. The molecule has 0 aliphatic heterocycles. The summed E-state index contributed by atoms with van der Waals surface area (Å²) in [5.74, 6) is 0. The molecule has 30 heavy (non-hydrogen) atoms. The standard InChI is InChI=1S/C29H23N/c1-29(2)26-14-8-7-12-23(26)24-16-15-20(18-27(24)29)30-28-17-19-9-3-4-10-21(19)22-11-5-6-13-25(22)28/h3-18,30H,1-2H3. The first-order valence-electron chi connectivity index (χ1n) is 10.5. The number of rotatable bonds is 2. The third kappa shape index (κ3) is 2.42. The van der Waals surface area contributed by atoms with Crippen LogP contribution in [0.5, 0.6) is 0 Å². The van der Waals surface area contributed by atoms with E-state index in [1.165, 1.54) is 43.8 Å². The molecule has 1 aliphatic carbocycles. The normalized spacial score (nSPS) is 13.9. The van der Waals surface area contributed by atoms with Gasteiger partial charge in [-0.05, 0) is 56.6 Å². The monoisotopic (exact) mass is 385 g/mol. The maximum atomic E-state index is 3.73. The van der Waals surface area contributed by atoms with Crippen LogP contribution in [0, 0.1) is 0 Å². The molecule has 0 unspecified atom stereocenters. The van der Waals surface area contributed by atoms with E-state index in [1.807, 2.05) is 0 Å². The van der Waals surface area contributed by atoms with Crippen molar-refractivity contribution in [2.24, 2.45) is 0 Å². The fourth-order valence-electron chi connectivity index (χ4n) is 5.10. The predicted molar refractivity (Wildman–Crippen MR) is 129 cm³/mol. The Labute approximate surface area is 177 Å². The lowest BCUT2D eigenvalue weighted by Gasteiger charge is -2.22. The van der Waals surface area contributed by atoms with Crippen molar-refractivity contribution in [3.63, 3.8) is 0 Å². The van der Waals surface area contributed by atoms with Crippen molar-refractivity contribution in [2.45, 2.75) is 19.3 Å². The lowest BCUT2D eigenvalue weighted by Crippen LogP contribution is -2.15. The van der Waals surface area contributed by atoms with Crippen LogP contribution in [0.15, 0.2) is 97.1 Å². The molecule has 1 N–H and O–H groups in total. The van der Waals surface area contributed by atoms with Crippen LogP contribution in [0.25, 0.3) is 32.7 Å². The summed E-state index contributed by atoms with van der Waals surface area (Å²) >= 11 is 0. The first-order valence-corrected chi connectivity index (χ1v) is 10.5. The molecule has 0 bridgehead atoms. The molecule has 5 aromatic rings. The van der Waals surface area contributed by atoms with Gasteiger partial charge in [0.25, 0.3) is 0 Å². The Morgan fingerprint density at radius 1 is 0.567 bits per heavy atom. The molecular formula is C29H23N. The van der Waals surface area contributed by atoms with Gasteiger partial charge in [0.1, 0.15) is 0 Å². The summed E-state index contributed by atoms with van der Waals surface area (Å²) in [7, 11) is 0. The number of hydrogen-bond acceptors (Lipinski definition) is 1. The molecule has 0 aromatic heterocycles. The Morgan fingerprint density at radius 2 is 1.23 bits per heavy atom. The Bertz CT molecular complexity index is 1440. The molecule has 0 amide bonds. The second-order valence-electron chi connectivity index (χ2n) is 8.75. The Morgan fingerprint density at radius 3 is 2.10 bits per heavy atom. The molecule has 6 rings (SSSR count). The number of fused-ring (bicyclic) bond motifs is 6. The van der Waals surface area contributed by atoms with Gasteiger partial charge in [-0.25, -0.2) is 0 Å². The van der Waals surface area contributed by atoms with E-state index in [9.17, 15) is 0 Å². The van der Waals surface area contributed by atoms with Crippen LogP contribution in [0.3, 0.4) is 0 Å². The van der Waals surface area contributed by atoms with Crippen LogP contribution in [-0.2, 0) is 5.41 Å². The van der Waals surface area contributed by atoms with E-state index in [2.05, 4.69) is 116 Å². The van der Waals surface area contributed by atoms with Crippen molar-refractivity contribution < 1.29 is 0 Å². The molecule has 0 saturated carbocycles. The summed E-state index contributed by atoms with van der Waals surface area (Å²) in [6, 6.07) is 35.1. The molecule has 144 valence electrons. The summed E-state index contributed by atoms with van der Waals surface area (Å²) in [5, 5.41) is 8.82. The van der Waals surface area contributed by atoms with E-state index < -0.39 is 0 Å². The van der Waals surface area contributed by atoms with Crippen LogP contribution < -0.4 is 5.32 Å². The highest BCUT2D eigenvalue weighted by Gasteiger charge is 2.35. The van der Waals surface area contributed by atoms with Crippen LogP contribution in [0.1, 0.15) is 25.0 Å². The minimum atomic E-state index is 0.00900. The van der Waals surface area contributed by atoms with E-state index in [-0.39, 0.29) is 5.41 Å². The summed E-state index contributed by atoms with van der Waals surface area (Å²) in [5.41, 5.74) is 7.80. The second-order valence-corrected chi connectivity index (χ2v) is 8.75.